The third-order valence-electron chi connectivity index (χ3n) is 3.40. The first-order valence-electron chi connectivity index (χ1n) is 7.84. The second kappa shape index (κ2) is 7.76. The Hall–Kier alpha value is -1.93. The molecule has 126 valence electrons. The summed E-state index contributed by atoms with van der Waals surface area (Å²) in [6.45, 7) is 2.10. The summed E-state index contributed by atoms with van der Waals surface area (Å²) in [5.74, 6) is 0.864. The molecule has 0 atom stereocenters. The molecule has 2 amide bonds. The average molecular weight is 362 g/mol. The molecule has 6 nitrogen and oxygen atoms in total. The fourth-order valence-corrected chi connectivity index (χ4v) is 3.68. The van der Waals surface area contributed by atoms with Crippen LogP contribution in [0.25, 0.3) is 0 Å². The van der Waals surface area contributed by atoms with E-state index in [0.717, 1.165) is 29.4 Å². The van der Waals surface area contributed by atoms with Gasteiger partial charge in [-0.2, -0.15) is 0 Å². The van der Waals surface area contributed by atoms with Crippen molar-refractivity contribution in [3.63, 3.8) is 0 Å². The Labute approximate surface area is 148 Å². The van der Waals surface area contributed by atoms with Gasteiger partial charge in [-0.3, -0.25) is 14.9 Å². The summed E-state index contributed by atoms with van der Waals surface area (Å²) in [7, 11) is 0. The van der Waals surface area contributed by atoms with Gasteiger partial charge in [0.15, 0.2) is 4.34 Å². The van der Waals surface area contributed by atoms with E-state index in [-0.39, 0.29) is 17.7 Å². The average Bonchev–Trinajstić information content (AvgIpc) is 3.34. The zero-order valence-electron chi connectivity index (χ0n) is 13.2. The number of carbonyl (C=O) groups excluding carboxylic acids is 2. The summed E-state index contributed by atoms with van der Waals surface area (Å²) >= 11 is 2.99. The van der Waals surface area contributed by atoms with Gasteiger partial charge in [0, 0.05) is 22.9 Å². The number of nitrogens with one attached hydrogen (secondary N) is 2. The Morgan fingerprint density at radius 1 is 1.29 bits per heavy atom. The van der Waals surface area contributed by atoms with Crippen LogP contribution in [0.15, 0.2) is 28.6 Å². The molecule has 0 spiro atoms. The van der Waals surface area contributed by atoms with E-state index in [1.54, 1.807) is 36.0 Å². The third kappa shape index (κ3) is 4.55. The van der Waals surface area contributed by atoms with E-state index in [2.05, 4.69) is 27.8 Å². The van der Waals surface area contributed by atoms with E-state index < -0.39 is 0 Å². The number of anilines is 2. The molecule has 24 heavy (non-hydrogen) atoms. The zero-order chi connectivity index (χ0) is 16.9. The molecule has 1 fully saturated rings. The Morgan fingerprint density at radius 2 is 2.12 bits per heavy atom. The van der Waals surface area contributed by atoms with E-state index >= 15 is 0 Å². The van der Waals surface area contributed by atoms with Crippen LogP contribution in [0.3, 0.4) is 0 Å². The predicted molar refractivity (Wildman–Crippen MR) is 96.7 cm³/mol. The number of thioether (sulfide) groups is 1. The van der Waals surface area contributed by atoms with Gasteiger partial charge in [0.25, 0.3) is 5.91 Å². The standard InChI is InChI=1S/C16H18N4O2S2/c1-2-8-23-16-20-19-15(24-16)18-14(22)11-4-3-5-12(9-11)17-13(21)10-6-7-10/h3-5,9-10H,2,6-8H2,1H3,(H,17,21)(H,18,19,22). The van der Waals surface area contributed by atoms with Crippen molar-refractivity contribution in [3.8, 4) is 0 Å². The van der Waals surface area contributed by atoms with Crippen molar-refractivity contribution in [2.24, 2.45) is 5.92 Å². The van der Waals surface area contributed by atoms with Crippen LogP contribution in [0.1, 0.15) is 36.5 Å². The van der Waals surface area contributed by atoms with Crippen LogP contribution in [0.5, 0.6) is 0 Å². The molecule has 1 heterocycles. The minimum Gasteiger partial charge on any atom is -0.326 e. The molecule has 3 rings (SSSR count). The van der Waals surface area contributed by atoms with E-state index in [0.29, 0.717) is 16.4 Å². The molecule has 8 heteroatoms. The van der Waals surface area contributed by atoms with Crippen LogP contribution in [-0.2, 0) is 4.79 Å². The molecule has 0 aliphatic heterocycles. The summed E-state index contributed by atoms with van der Waals surface area (Å²) in [5, 5.41) is 14.1. The molecule has 0 unspecified atom stereocenters. The van der Waals surface area contributed by atoms with Crippen molar-refractivity contribution in [1.29, 1.82) is 0 Å². The van der Waals surface area contributed by atoms with Crippen molar-refractivity contribution < 1.29 is 9.59 Å². The van der Waals surface area contributed by atoms with Crippen LogP contribution < -0.4 is 10.6 Å². The SMILES string of the molecule is CCCSc1nnc(NC(=O)c2cccc(NC(=O)C3CC3)c2)s1. The maximum Gasteiger partial charge on any atom is 0.257 e. The van der Waals surface area contributed by atoms with Crippen LogP contribution in [0.4, 0.5) is 10.8 Å². The smallest absolute Gasteiger partial charge is 0.257 e. The van der Waals surface area contributed by atoms with Crippen molar-refractivity contribution in [2.75, 3.05) is 16.4 Å². The summed E-state index contributed by atoms with van der Waals surface area (Å²) < 4.78 is 0.845. The Balaban J connectivity index is 1.61. The second-order valence-corrected chi connectivity index (χ2v) is 7.84. The second-order valence-electron chi connectivity index (χ2n) is 5.52. The Kier molecular flexibility index (Phi) is 5.47. The number of hydrogen-bond donors (Lipinski definition) is 2. The summed E-state index contributed by atoms with van der Waals surface area (Å²) in [6.07, 6.45) is 2.95. The van der Waals surface area contributed by atoms with Crippen LogP contribution in [0, 0.1) is 5.92 Å². The van der Waals surface area contributed by atoms with Gasteiger partial charge < -0.3 is 5.32 Å². The van der Waals surface area contributed by atoms with Gasteiger partial charge in [-0.25, -0.2) is 0 Å². The number of benzene rings is 1. The lowest BCUT2D eigenvalue weighted by molar-refractivity contribution is -0.117. The van der Waals surface area contributed by atoms with Crippen molar-refractivity contribution in [1.82, 2.24) is 10.2 Å². The molecule has 0 saturated heterocycles. The molecule has 2 aromatic rings. The van der Waals surface area contributed by atoms with Gasteiger partial charge in [0.05, 0.1) is 0 Å². The number of hydrogen-bond acceptors (Lipinski definition) is 6. The number of amides is 2. The van der Waals surface area contributed by atoms with E-state index in [1.807, 2.05) is 0 Å². The summed E-state index contributed by atoms with van der Waals surface area (Å²) in [4.78, 5) is 24.1. The molecule has 0 radical (unpaired) electrons. The molecule has 1 aromatic carbocycles. The summed E-state index contributed by atoms with van der Waals surface area (Å²) in [6, 6.07) is 6.90. The monoisotopic (exact) mass is 362 g/mol. The Morgan fingerprint density at radius 3 is 2.88 bits per heavy atom. The molecule has 0 bridgehead atoms. The number of aromatic nitrogens is 2. The van der Waals surface area contributed by atoms with Crippen molar-refractivity contribution in [2.45, 2.75) is 30.5 Å². The first kappa shape index (κ1) is 16.9. The third-order valence-corrected chi connectivity index (χ3v) is 5.57. The molecule has 1 saturated carbocycles. The van der Waals surface area contributed by atoms with Crippen LogP contribution in [0.2, 0.25) is 0 Å². The van der Waals surface area contributed by atoms with Gasteiger partial charge in [0.2, 0.25) is 11.0 Å². The fraction of sp³-hybridized carbons (Fsp3) is 0.375. The quantitative estimate of drug-likeness (QED) is 0.580. The maximum absolute atomic E-state index is 12.3. The van der Waals surface area contributed by atoms with Crippen LogP contribution in [-0.4, -0.2) is 27.8 Å². The first-order valence-corrected chi connectivity index (χ1v) is 9.64. The van der Waals surface area contributed by atoms with E-state index in [4.69, 9.17) is 0 Å². The highest BCUT2D eigenvalue weighted by Crippen LogP contribution is 2.30. The predicted octanol–water partition coefficient (Wildman–Crippen LogP) is 3.64. The van der Waals surface area contributed by atoms with Gasteiger partial charge in [-0.1, -0.05) is 36.1 Å². The first-order chi connectivity index (χ1) is 11.7. The number of nitrogens with zero attached hydrogens (tertiary/aromatic N) is 2. The van der Waals surface area contributed by atoms with Crippen molar-refractivity contribution >= 4 is 45.7 Å². The largest absolute Gasteiger partial charge is 0.326 e. The number of rotatable bonds is 7. The normalized spacial score (nSPS) is 13.5. The minimum absolute atomic E-state index is 0.0225. The molecular formula is C16H18N4O2S2. The Bertz CT molecular complexity index is 743. The fourth-order valence-electron chi connectivity index (χ4n) is 2.01. The minimum atomic E-state index is -0.263. The van der Waals surface area contributed by atoms with Crippen molar-refractivity contribution in [3.05, 3.63) is 29.8 Å². The highest BCUT2D eigenvalue weighted by molar-refractivity contribution is 8.01. The highest BCUT2D eigenvalue weighted by atomic mass is 32.2. The van der Waals surface area contributed by atoms with Gasteiger partial charge in [-0.05, 0) is 37.5 Å². The van der Waals surface area contributed by atoms with Crippen LogP contribution >= 0.6 is 23.1 Å². The molecule has 1 aliphatic carbocycles. The molecule has 1 aromatic heterocycles. The van der Waals surface area contributed by atoms with E-state index in [1.165, 1.54) is 11.3 Å². The lowest BCUT2D eigenvalue weighted by atomic mass is 10.2. The molecule has 2 N–H and O–H groups in total. The molecular weight excluding hydrogens is 344 g/mol. The summed E-state index contributed by atoms with van der Waals surface area (Å²) in [5.41, 5.74) is 1.11. The maximum atomic E-state index is 12.3. The molecule has 1 aliphatic rings. The van der Waals surface area contributed by atoms with Gasteiger partial charge in [-0.15, -0.1) is 10.2 Å². The highest BCUT2D eigenvalue weighted by Gasteiger charge is 2.29. The van der Waals surface area contributed by atoms with E-state index in [9.17, 15) is 9.59 Å². The topological polar surface area (TPSA) is 84.0 Å². The number of carbonyl (C=O) groups is 2. The van der Waals surface area contributed by atoms with Gasteiger partial charge >= 0.3 is 0 Å². The van der Waals surface area contributed by atoms with Gasteiger partial charge in [0.1, 0.15) is 0 Å². The lowest BCUT2D eigenvalue weighted by Gasteiger charge is -2.06. The lowest BCUT2D eigenvalue weighted by Crippen LogP contribution is -2.15. The zero-order valence-corrected chi connectivity index (χ0v) is 14.9.